The van der Waals surface area contributed by atoms with Crippen LogP contribution in [-0.4, -0.2) is 5.00 Å². The maximum absolute atomic E-state index is 5.91. The Hall–Kier alpha value is 0.250. The summed E-state index contributed by atoms with van der Waals surface area (Å²) in [5.74, 6) is 0. The van der Waals surface area contributed by atoms with Gasteiger partial charge in [-0.15, -0.1) is 11.6 Å². The van der Waals surface area contributed by atoms with Crippen molar-refractivity contribution in [2.75, 3.05) is 0 Å². The molecule has 0 aromatic heterocycles. The van der Waals surface area contributed by atoms with Crippen LogP contribution in [0.1, 0.15) is 39.5 Å². The molecule has 0 saturated carbocycles. The number of nitrogens with two attached hydrogens (primary N) is 1. The van der Waals surface area contributed by atoms with Crippen molar-refractivity contribution in [2.45, 2.75) is 44.5 Å². The molecule has 0 aromatic carbocycles. The number of hydrogen-bond donors (Lipinski definition) is 1. The molecule has 0 heterocycles. The fourth-order valence-corrected chi connectivity index (χ4v) is 1.33. The van der Waals surface area contributed by atoms with Gasteiger partial charge in [0.2, 0.25) is 0 Å². The fourth-order valence-electron chi connectivity index (χ4n) is 0.956. The fraction of sp³-hybridized carbons (Fsp3) is 1.00. The van der Waals surface area contributed by atoms with Gasteiger partial charge in [-0.3, -0.25) is 0 Å². The van der Waals surface area contributed by atoms with Crippen molar-refractivity contribution in [2.24, 2.45) is 5.73 Å². The third-order valence-corrected chi connectivity index (χ3v) is 1.71. The van der Waals surface area contributed by atoms with Crippen LogP contribution in [0.2, 0.25) is 0 Å². The van der Waals surface area contributed by atoms with Crippen LogP contribution in [0.25, 0.3) is 0 Å². The second kappa shape index (κ2) is 4.13. The molecule has 0 bridgehead atoms. The van der Waals surface area contributed by atoms with Gasteiger partial charge in [0.25, 0.3) is 0 Å². The first kappa shape index (κ1) is 9.25. The topological polar surface area (TPSA) is 26.0 Å². The smallest absolute Gasteiger partial charge is 0.0910 e. The molecule has 0 amide bonds. The highest BCUT2D eigenvalue weighted by atomic mass is 35.5. The minimum atomic E-state index is -0.427. The van der Waals surface area contributed by atoms with Gasteiger partial charge in [0.05, 0.1) is 5.00 Å². The zero-order valence-electron chi connectivity index (χ0n) is 6.28. The highest BCUT2D eigenvalue weighted by molar-refractivity contribution is 6.23. The van der Waals surface area contributed by atoms with Crippen LogP contribution in [0.3, 0.4) is 0 Å². The number of alkyl halides is 1. The van der Waals surface area contributed by atoms with E-state index >= 15 is 0 Å². The van der Waals surface area contributed by atoms with E-state index in [-0.39, 0.29) is 0 Å². The molecule has 2 heteroatoms. The quantitative estimate of drug-likeness (QED) is 0.483. The summed E-state index contributed by atoms with van der Waals surface area (Å²) < 4.78 is 0. The third kappa shape index (κ3) is 4.73. The van der Waals surface area contributed by atoms with Crippen molar-refractivity contribution in [3.63, 3.8) is 0 Å². The predicted octanol–water partition coefficient (Wildman–Crippen LogP) is 2.48. The summed E-state index contributed by atoms with van der Waals surface area (Å²) in [6.45, 7) is 4.19. The highest BCUT2D eigenvalue weighted by Gasteiger charge is 2.17. The van der Waals surface area contributed by atoms with Gasteiger partial charge in [-0.05, 0) is 12.8 Å². The number of rotatable bonds is 4. The van der Waals surface area contributed by atoms with E-state index in [4.69, 9.17) is 17.3 Å². The van der Waals surface area contributed by atoms with Crippen LogP contribution in [0.4, 0.5) is 0 Å². The molecule has 0 radical (unpaired) electrons. The lowest BCUT2D eigenvalue weighted by Crippen LogP contribution is -2.32. The zero-order valence-corrected chi connectivity index (χ0v) is 7.04. The molecule has 0 aliphatic carbocycles. The zero-order chi connectivity index (χ0) is 7.33. The van der Waals surface area contributed by atoms with Gasteiger partial charge in [0.1, 0.15) is 0 Å². The summed E-state index contributed by atoms with van der Waals surface area (Å²) in [4.78, 5) is -0.427. The van der Waals surface area contributed by atoms with Gasteiger partial charge >= 0.3 is 0 Å². The molecule has 1 nitrogen and oxygen atoms in total. The Morgan fingerprint density at radius 2 is 1.56 bits per heavy atom. The Kier molecular flexibility index (Phi) is 4.24. The van der Waals surface area contributed by atoms with Crippen LogP contribution in [0.15, 0.2) is 0 Å². The summed E-state index contributed by atoms with van der Waals surface area (Å²) in [6, 6.07) is 0. The van der Waals surface area contributed by atoms with E-state index in [1.165, 1.54) is 0 Å². The third-order valence-electron chi connectivity index (χ3n) is 1.33. The lowest BCUT2D eigenvalue weighted by atomic mass is 10.1. The lowest BCUT2D eigenvalue weighted by Gasteiger charge is -2.19. The van der Waals surface area contributed by atoms with Crippen LogP contribution >= 0.6 is 11.6 Å². The van der Waals surface area contributed by atoms with E-state index < -0.39 is 5.00 Å². The molecule has 9 heavy (non-hydrogen) atoms. The molecule has 0 spiro atoms. The average molecular weight is 150 g/mol. The highest BCUT2D eigenvalue weighted by Crippen LogP contribution is 2.20. The standard InChI is InChI=1S/C7H16ClN/c1-3-5-7(8,9)6-4-2/h3-6,9H2,1-2H3. The molecule has 0 aliphatic rings. The molecule has 0 atom stereocenters. The van der Waals surface area contributed by atoms with Crippen molar-refractivity contribution in [1.29, 1.82) is 0 Å². The number of halogens is 1. The molecular formula is C7H16ClN. The first-order chi connectivity index (χ1) is 4.12. The van der Waals surface area contributed by atoms with Gasteiger partial charge in [0, 0.05) is 0 Å². The summed E-state index contributed by atoms with van der Waals surface area (Å²) in [6.07, 6.45) is 3.98. The van der Waals surface area contributed by atoms with E-state index in [1.807, 2.05) is 0 Å². The molecule has 0 unspecified atom stereocenters. The van der Waals surface area contributed by atoms with E-state index in [9.17, 15) is 0 Å². The summed E-state index contributed by atoms with van der Waals surface area (Å²) in [7, 11) is 0. The minimum absolute atomic E-state index is 0.427. The van der Waals surface area contributed by atoms with Crippen molar-refractivity contribution in [3.8, 4) is 0 Å². The van der Waals surface area contributed by atoms with E-state index in [0.717, 1.165) is 25.7 Å². The Labute approximate surface area is 62.6 Å². The van der Waals surface area contributed by atoms with Gasteiger partial charge < -0.3 is 5.73 Å². The van der Waals surface area contributed by atoms with E-state index in [1.54, 1.807) is 0 Å². The molecule has 0 fully saturated rings. The van der Waals surface area contributed by atoms with Crippen molar-refractivity contribution < 1.29 is 0 Å². The summed E-state index contributed by atoms with van der Waals surface area (Å²) in [5, 5.41) is 0. The van der Waals surface area contributed by atoms with Crippen molar-refractivity contribution in [1.82, 2.24) is 0 Å². The Morgan fingerprint density at radius 3 is 1.78 bits per heavy atom. The first-order valence-corrected chi connectivity index (χ1v) is 3.98. The van der Waals surface area contributed by atoms with E-state index in [0.29, 0.717) is 0 Å². The minimum Gasteiger partial charge on any atom is -0.313 e. The second-order valence-corrected chi connectivity index (χ2v) is 3.29. The second-order valence-electron chi connectivity index (χ2n) is 2.53. The normalized spacial score (nSPS) is 12.0. The summed E-state index contributed by atoms with van der Waals surface area (Å²) in [5.41, 5.74) is 5.70. The van der Waals surface area contributed by atoms with Crippen LogP contribution < -0.4 is 5.73 Å². The largest absolute Gasteiger partial charge is 0.313 e. The predicted molar refractivity (Wildman–Crippen MR) is 42.6 cm³/mol. The monoisotopic (exact) mass is 149 g/mol. The molecule has 0 saturated heterocycles. The Morgan fingerprint density at radius 1 is 1.22 bits per heavy atom. The molecule has 0 rings (SSSR count). The van der Waals surface area contributed by atoms with Gasteiger partial charge in [0.15, 0.2) is 0 Å². The van der Waals surface area contributed by atoms with Gasteiger partial charge in [-0.25, -0.2) is 0 Å². The van der Waals surface area contributed by atoms with Crippen molar-refractivity contribution in [3.05, 3.63) is 0 Å². The Bertz CT molecular complexity index is 63.3. The lowest BCUT2D eigenvalue weighted by molar-refractivity contribution is 0.495. The van der Waals surface area contributed by atoms with Crippen LogP contribution in [0.5, 0.6) is 0 Å². The van der Waals surface area contributed by atoms with Crippen LogP contribution in [-0.2, 0) is 0 Å². The Balaban J connectivity index is 3.43. The molecule has 2 N–H and O–H groups in total. The molecular weight excluding hydrogens is 134 g/mol. The average Bonchev–Trinajstić information content (AvgIpc) is 1.64. The van der Waals surface area contributed by atoms with Gasteiger partial charge in [-0.1, -0.05) is 26.7 Å². The first-order valence-electron chi connectivity index (χ1n) is 3.60. The van der Waals surface area contributed by atoms with Gasteiger partial charge in [-0.2, -0.15) is 0 Å². The van der Waals surface area contributed by atoms with Crippen molar-refractivity contribution >= 4 is 11.6 Å². The van der Waals surface area contributed by atoms with E-state index in [2.05, 4.69) is 13.8 Å². The molecule has 0 aromatic rings. The maximum atomic E-state index is 5.91. The number of hydrogen-bond acceptors (Lipinski definition) is 1. The molecule has 56 valence electrons. The SMILES string of the molecule is CCCC(N)(Cl)CCC. The summed E-state index contributed by atoms with van der Waals surface area (Å²) >= 11 is 5.91. The molecule has 0 aliphatic heterocycles. The van der Waals surface area contributed by atoms with Crippen LogP contribution in [0, 0.1) is 0 Å². The maximum Gasteiger partial charge on any atom is 0.0910 e.